The van der Waals surface area contributed by atoms with Crippen LogP contribution < -0.4 is 0 Å². The Morgan fingerprint density at radius 2 is 1.31 bits per heavy atom. The van der Waals surface area contributed by atoms with E-state index in [4.69, 9.17) is 4.74 Å². The molecule has 1 aliphatic rings. The number of likely N-dealkylation sites (N-methyl/N-ethyl adjacent to an activating group) is 1. The summed E-state index contributed by atoms with van der Waals surface area (Å²) in [5, 5.41) is 43.2. The van der Waals surface area contributed by atoms with E-state index in [0.717, 1.165) is 32.6 Å². The molecular formula is C16H25NO9. The van der Waals surface area contributed by atoms with Crippen LogP contribution in [0.2, 0.25) is 0 Å². The van der Waals surface area contributed by atoms with Crippen LogP contribution in [0, 0.1) is 0 Å². The quantitative estimate of drug-likeness (QED) is 0.381. The van der Waals surface area contributed by atoms with E-state index in [2.05, 4.69) is 0 Å². The van der Waals surface area contributed by atoms with E-state index in [0.29, 0.717) is 0 Å². The van der Waals surface area contributed by atoms with Crippen LogP contribution >= 0.6 is 0 Å². The van der Waals surface area contributed by atoms with Crippen molar-refractivity contribution in [2.75, 3.05) is 14.1 Å². The van der Waals surface area contributed by atoms with Crippen LogP contribution in [0.25, 0.3) is 0 Å². The number of Topliss-reactive ketones (excluding diaryl/α,β-unsaturated/α-hetero) is 4. The normalized spacial score (nSPS) is 38.7. The Kier molecular flexibility index (Phi) is 5.94. The maximum Gasteiger partial charge on any atom is 0.246 e. The van der Waals surface area contributed by atoms with Gasteiger partial charge in [-0.3, -0.25) is 24.1 Å². The molecule has 2 unspecified atom stereocenters. The van der Waals surface area contributed by atoms with Crippen LogP contribution in [0.4, 0.5) is 0 Å². The first-order valence-electron chi connectivity index (χ1n) is 7.83. The molecule has 10 heteroatoms. The molecular weight excluding hydrogens is 350 g/mol. The zero-order chi connectivity index (χ0) is 20.8. The van der Waals surface area contributed by atoms with Gasteiger partial charge in [0.15, 0.2) is 34.3 Å². The standard InChI is InChI=1S/C16H25NO9/c1-7(18)11(22)12-14(23,8(2)19)15(24,9(3)20)13(17(5)6)16(25,26-12)10(4)21/h11-13,22-25H,1-6H3/t11?,12-,13-,14-,15-,16?/m1/s1. The minimum atomic E-state index is -3.11. The Hall–Kier alpha value is -1.56. The summed E-state index contributed by atoms with van der Waals surface area (Å²) in [6.07, 6.45) is -4.47. The van der Waals surface area contributed by atoms with Crippen molar-refractivity contribution in [3.63, 3.8) is 0 Å². The van der Waals surface area contributed by atoms with Crippen molar-refractivity contribution in [2.45, 2.75) is 62.9 Å². The second kappa shape index (κ2) is 6.87. The lowest BCUT2D eigenvalue weighted by atomic mass is 9.63. The molecule has 26 heavy (non-hydrogen) atoms. The molecule has 0 radical (unpaired) electrons. The van der Waals surface area contributed by atoms with E-state index in [1.165, 1.54) is 14.1 Å². The first-order chi connectivity index (χ1) is 11.6. The summed E-state index contributed by atoms with van der Waals surface area (Å²) >= 11 is 0. The molecule has 1 fully saturated rings. The predicted molar refractivity (Wildman–Crippen MR) is 85.9 cm³/mol. The molecule has 4 N–H and O–H groups in total. The highest BCUT2D eigenvalue weighted by atomic mass is 16.7. The monoisotopic (exact) mass is 375 g/mol. The number of aliphatic hydroxyl groups is 4. The van der Waals surface area contributed by atoms with E-state index in [-0.39, 0.29) is 0 Å². The Labute approximate surface area is 150 Å². The number of carbonyl (C=O) groups is 4. The first-order valence-corrected chi connectivity index (χ1v) is 7.83. The minimum absolute atomic E-state index is 0.821. The van der Waals surface area contributed by atoms with Crippen molar-refractivity contribution in [1.29, 1.82) is 0 Å². The highest BCUT2D eigenvalue weighted by Crippen LogP contribution is 2.46. The second-order valence-electron chi connectivity index (χ2n) is 6.86. The fourth-order valence-corrected chi connectivity index (χ4v) is 3.49. The summed E-state index contributed by atoms with van der Waals surface area (Å²) in [5.41, 5.74) is -6.18. The van der Waals surface area contributed by atoms with Gasteiger partial charge in [0.1, 0.15) is 18.2 Å². The van der Waals surface area contributed by atoms with E-state index < -0.39 is 58.4 Å². The maximum absolute atomic E-state index is 12.4. The summed E-state index contributed by atoms with van der Waals surface area (Å²) in [4.78, 5) is 49.4. The minimum Gasteiger partial charge on any atom is -0.382 e. The van der Waals surface area contributed by atoms with Gasteiger partial charge in [0.25, 0.3) is 0 Å². The second-order valence-corrected chi connectivity index (χ2v) is 6.86. The lowest BCUT2D eigenvalue weighted by Gasteiger charge is -2.59. The summed E-state index contributed by atoms with van der Waals surface area (Å²) in [6.45, 7) is 3.47. The summed E-state index contributed by atoms with van der Waals surface area (Å²) in [6, 6.07) is -1.91. The first kappa shape index (κ1) is 22.5. The molecule has 0 aliphatic carbocycles. The Morgan fingerprint density at radius 3 is 1.58 bits per heavy atom. The van der Waals surface area contributed by atoms with Gasteiger partial charge in [-0.05, 0) is 34.9 Å². The number of nitrogens with zero attached hydrogens (tertiary/aromatic N) is 1. The largest absolute Gasteiger partial charge is 0.382 e. The van der Waals surface area contributed by atoms with Crippen LogP contribution in [-0.2, 0) is 23.9 Å². The fraction of sp³-hybridized carbons (Fsp3) is 0.750. The molecule has 1 heterocycles. The molecule has 1 aliphatic heterocycles. The van der Waals surface area contributed by atoms with Gasteiger partial charge in [0.05, 0.1) is 0 Å². The predicted octanol–water partition coefficient (Wildman–Crippen LogP) is -2.82. The average Bonchev–Trinajstić information content (AvgIpc) is 2.48. The van der Waals surface area contributed by atoms with Crippen molar-refractivity contribution < 1.29 is 44.3 Å². The summed E-state index contributed by atoms with van der Waals surface area (Å²) < 4.78 is 5.17. The van der Waals surface area contributed by atoms with Gasteiger partial charge in [-0.15, -0.1) is 0 Å². The van der Waals surface area contributed by atoms with Crippen LogP contribution in [0.15, 0.2) is 0 Å². The van der Waals surface area contributed by atoms with Crippen LogP contribution in [0.1, 0.15) is 27.7 Å². The molecule has 0 aromatic heterocycles. The van der Waals surface area contributed by atoms with Crippen LogP contribution in [0.5, 0.6) is 0 Å². The fourth-order valence-electron chi connectivity index (χ4n) is 3.49. The van der Waals surface area contributed by atoms with E-state index >= 15 is 0 Å². The lowest BCUT2D eigenvalue weighted by Crippen LogP contribution is -2.86. The number of hydrogen-bond acceptors (Lipinski definition) is 10. The number of ether oxygens (including phenoxy) is 1. The summed E-state index contributed by atoms with van der Waals surface area (Å²) in [5.74, 6) is -7.31. The molecule has 1 rings (SSSR count). The lowest BCUT2D eigenvalue weighted by molar-refractivity contribution is -0.356. The van der Waals surface area contributed by atoms with Gasteiger partial charge in [-0.2, -0.15) is 0 Å². The molecule has 1 saturated heterocycles. The maximum atomic E-state index is 12.4. The van der Waals surface area contributed by atoms with Gasteiger partial charge in [-0.25, -0.2) is 0 Å². The van der Waals surface area contributed by atoms with Crippen LogP contribution in [-0.4, -0.2) is 97.8 Å². The van der Waals surface area contributed by atoms with E-state index in [1.54, 1.807) is 0 Å². The van der Waals surface area contributed by atoms with Gasteiger partial charge in [0.2, 0.25) is 5.79 Å². The third-order valence-electron chi connectivity index (χ3n) is 4.86. The molecule has 6 atom stereocenters. The van der Waals surface area contributed by atoms with Crippen LogP contribution in [0.3, 0.4) is 0 Å². The van der Waals surface area contributed by atoms with Crippen molar-refractivity contribution in [1.82, 2.24) is 4.90 Å². The van der Waals surface area contributed by atoms with Crippen molar-refractivity contribution in [3.05, 3.63) is 0 Å². The zero-order valence-corrected chi connectivity index (χ0v) is 15.5. The Balaban J connectivity index is 3.96. The topological polar surface area (TPSA) is 162 Å². The molecule has 0 bridgehead atoms. The molecule has 10 nitrogen and oxygen atoms in total. The highest BCUT2D eigenvalue weighted by Gasteiger charge is 2.76. The Morgan fingerprint density at radius 1 is 0.885 bits per heavy atom. The highest BCUT2D eigenvalue weighted by molar-refractivity contribution is 6.01. The third-order valence-corrected chi connectivity index (χ3v) is 4.86. The average molecular weight is 375 g/mol. The number of hydrogen-bond donors (Lipinski definition) is 4. The molecule has 0 aromatic rings. The molecule has 0 aromatic carbocycles. The summed E-state index contributed by atoms with van der Waals surface area (Å²) in [7, 11) is 2.55. The van der Waals surface area contributed by atoms with Gasteiger partial charge < -0.3 is 25.2 Å². The number of carbonyl (C=O) groups excluding carboxylic acids is 4. The smallest absolute Gasteiger partial charge is 0.246 e. The van der Waals surface area contributed by atoms with Crippen molar-refractivity contribution in [3.8, 4) is 0 Å². The number of ketones is 4. The van der Waals surface area contributed by atoms with Gasteiger partial charge >= 0.3 is 0 Å². The van der Waals surface area contributed by atoms with Gasteiger partial charge in [-0.1, -0.05) is 0 Å². The van der Waals surface area contributed by atoms with Gasteiger partial charge in [0, 0.05) is 6.92 Å². The van der Waals surface area contributed by atoms with E-state index in [9.17, 15) is 39.6 Å². The molecule has 148 valence electrons. The van der Waals surface area contributed by atoms with Crippen molar-refractivity contribution >= 4 is 23.1 Å². The SMILES string of the molecule is CC(=O)C(O)[C@H]1OC(O)(C(C)=O)[C@H](N(C)C)[C@](O)(C(C)=O)[C@@]1(O)C(C)=O. The third kappa shape index (κ3) is 2.82. The molecule has 0 saturated carbocycles. The van der Waals surface area contributed by atoms with E-state index in [1.807, 2.05) is 0 Å². The van der Waals surface area contributed by atoms with Crippen molar-refractivity contribution in [2.24, 2.45) is 0 Å². The Bertz CT molecular complexity index is 648. The number of rotatable bonds is 6. The molecule has 0 amide bonds. The molecule has 0 spiro atoms. The number of aliphatic hydroxyl groups excluding tert-OH is 1. The zero-order valence-electron chi connectivity index (χ0n) is 15.5.